The highest BCUT2D eigenvalue weighted by Crippen LogP contribution is 2.35. The van der Waals surface area contributed by atoms with Gasteiger partial charge in [0, 0.05) is 53.0 Å². The molecular weight excluding hydrogens is 628 g/mol. The van der Waals surface area contributed by atoms with E-state index in [1.807, 2.05) is 6.92 Å². The van der Waals surface area contributed by atoms with E-state index in [1.54, 1.807) is 49.4 Å². The molecule has 242 valence electrons. The van der Waals surface area contributed by atoms with Crippen molar-refractivity contribution in [2.24, 2.45) is 5.73 Å². The summed E-state index contributed by atoms with van der Waals surface area (Å²) in [7, 11) is -2.62. The van der Waals surface area contributed by atoms with Gasteiger partial charge in [0.1, 0.15) is 12.0 Å². The number of sulfone groups is 1. The normalized spacial score (nSPS) is 10.9. The molecular formula is C37H32N4O6S. The molecule has 0 saturated heterocycles. The first-order valence-corrected chi connectivity index (χ1v) is 16.3. The van der Waals surface area contributed by atoms with Crippen LogP contribution in [0.15, 0.2) is 94.9 Å². The maximum atomic E-state index is 14.0. The number of hydrogen-bond donors (Lipinski definition) is 3. The Morgan fingerprint density at radius 3 is 2.46 bits per heavy atom. The number of aryl methyl sites for hydroxylation is 2. The highest BCUT2D eigenvalue weighted by molar-refractivity contribution is 7.91. The zero-order chi connectivity index (χ0) is 34.4. The van der Waals surface area contributed by atoms with Crippen LogP contribution in [0.25, 0.3) is 10.9 Å². The van der Waals surface area contributed by atoms with Gasteiger partial charge in [0.25, 0.3) is 11.8 Å². The van der Waals surface area contributed by atoms with Crippen molar-refractivity contribution in [2.45, 2.75) is 36.5 Å². The number of aldehydes is 1. The van der Waals surface area contributed by atoms with Gasteiger partial charge in [0.2, 0.25) is 9.84 Å². The van der Waals surface area contributed by atoms with Crippen LogP contribution in [0.3, 0.4) is 0 Å². The van der Waals surface area contributed by atoms with Crippen molar-refractivity contribution in [3.05, 3.63) is 113 Å². The molecule has 0 fully saturated rings. The van der Waals surface area contributed by atoms with E-state index in [9.17, 15) is 22.8 Å². The fourth-order valence-electron chi connectivity index (χ4n) is 5.08. The molecule has 5 aromatic rings. The SMILES string of the molecule is COc1cccc(Nc2c(C(N)=O)cnc3c(C)cc(S(=O)(=O)c4cccc(C(=O)Nc5ccc(C#CCCC=O)c(C)c5)c4)cc23)c1. The first kappa shape index (κ1) is 33.4. The monoisotopic (exact) mass is 660 g/mol. The second kappa shape index (κ2) is 14.2. The van der Waals surface area contributed by atoms with E-state index in [2.05, 4.69) is 27.5 Å². The number of carbonyl (C=O) groups is 3. The van der Waals surface area contributed by atoms with Gasteiger partial charge in [-0.1, -0.05) is 24.0 Å². The van der Waals surface area contributed by atoms with Crippen molar-refractivity contribution < 1.29 is 27.5 Å². The summed E-state index contributed by atoms with van der Waals surface area (Å²) < 4.78 is 33.4. The van der Waals surface area contributed by atoms with Crippen molar-refractivity contribution in [1.82, 2.24) is 4.98 Å². The lowest BCUT2D eigenvalue weighted by Gasteiger charge is -2.16. The van der Waals surface area contributed by atoms with E-state index in [0.29, 0.717) is 52.1 Å². The number of nitrogens with one attached hydrogen (secondary N) is 2. The fourth-order valence-corrected chi connectivity index (χ4v) is 6.50. The van der Waals surface area contributed by atoms with Crippen LogP contribution in [-0.2, 0) is 14.6 Å². The van der Waals surface area contributed by atoms with Gasteiger partial charge in [0.15, 0.2) is 0 Å². The number of anilines is 3. The average molecular weight is 661 g/mol. The zero-order valence-corrected chi connectivity index (χ0v) is 27.3. The molecule has 10 nitrogen and oxygen atoms in total. The summed E-state index contributed by atoms with van der Waals surface area (Å²) in [5.74, 6) is 5.30. The molecule has 0 atom stereocenters. The third-order valence-electron chi connectivity index (χ3n) is 7.55. The summed E-state index contributed by atoms with van der Waals surface area (Å²) in [5.41, 5.74) is 9.95. The fraction of sp³-hybridized carbons (Fsp3) is 0.135. The first-order valence-electron chi connectivity index (χ1n) is 14.9. The summed E-state index contributed by atoms with van der Waals surface area (Å²) in [6, 6.07) is 21.0. The molecule has 11 heteroatoms. The molecule has 0 aliphatic carbocycles. The van der Waals surface area contributed by atoms with Gasteiger partial charge < -0.3 is 25.9 Å². The van der Waals surface area contributed by atoms with Crippen molar-refractivity contribution in [1.29, 1.82) is 0 Å². The Morgan fingerprint density at radius 1 is 0.938 bits per heavy atom. The lowest BCUT2D eigenvalue weighted by molar-refractivity contribution is -0.107. The van der Waals surface area contributed by atoms with Gasteiger partial charge in [-0.05, 0) is 85.6 Å². The van der Waals surface area contributed by atoms with Crippen molar-refractivity contribution >= 4 is 55.9 Å². The number of amides is 2. The largest absolute Gasteiger partial charge is 0.497 e. The van der Waals surface area contributed by atoms with Crippen LogP contribution in [0.1, 0.15) is 50.2 Å². The topological polar surface area (TPSA) is 158 Å². The number of carbonyl (C=O) groups excluding carboxylic acids is 3. The van der Waals surface area contributed by atoms with Gasteiger partial charge in [-0.3, -0.25) is 14.6 Å². The minimum absolute atomic E-state index is 0.0531. The van der Waals surface area contributed by atoms with Crippen LogP contribution >= 0.6 is 0 Å². The molecule has 4 N–H and O–H groups in total. The van der Waals surface area contributed by atoms with Crippen LogP contribution in [0.2, 0.25) is 0 Å². The predicted octanol–water partition coefficient (Wildman–Crippen LogP) is 6.12. The Bertz CT molecular complexity index is 2250. The molecule has 48 heavy (non-hydrogen) atoms. The summed E-state index contributed by atoms with van der Waals surface area (Å²) in [6.45, 7) is 3.58. The van der Waals surface area contributed by atoms with Crippen LogP contribution in [0.4, 0.5) is 17.1 Å². The first-order chi connectivity index (χ1) is 23.0. The number of unbranched alkanes of at least 4 members (excludes halogenated alkanes) is 1. The minimum atomic E-state index is -4.15. The summed E-state index contributed by atoms with van der Waals surface area (Å²) in [4.78, 5) is 40.4. The van der Waals surface area contributed by atoms with Gasteiger partial charge in [-0.2, -0.15) is 0 Å². The zero-order valence-electron chi connectivity index (χ0n) is 26.5. The summed E-state index contributed by atoms with van der Waals surface area (Å²) >= 11 is 0. The van der Waals surface area contributed by atoms with E-state index < -0.39 is 21.7 Å². The van der Waals surface area contributed by atoms with Gasteiger partial charge >= 0.3 is 0 Å². The number of nitrogens with two attached hydrogens (primary N) is 1. The summed E-state index contributed by atoms with van der Waals surface area (Å²) in [6.07, 6.45) is 3.01. The Balaban J connectivity index is 1.49. The van der Waals surface area contributed by atoms with E-state index >= 15 is 0 Å². The molecule has 4 aromatic carbocycles. The quantitative estimate of drug-likeness (QED) is 0.0919. The molecule has 2 amide bonds. The number of nitrogens with zero attached hydrogens (tertiary/aromatic N) is 1. The van der Waals surface area contributed by atoms with Gasteiger partial charge in [-0.25, -0.2) is 8.42 Å². The average Bonchev–Trinajstić information content (AvgIpc) is 3.07. The molecule has 1 heterocycles. The number of fused-ring (bicyclic) bond motifs is 1. The number of benzene rings is 4. The van der Waals surface area contributed by atoms with Crippen LogP contribution in [0.5, 0.6) is 5.75 Å². The lowest BCUT2D eigenvalue weighted by atomic mass is 10.1. The number of aromatic nitrogens is 1. The molecule has 0 spiro atoms. The highest BCUT2D eigenvalue weighted by atomic mass is 32.2. The molecule has 0 aliphatic heterocycles. The Hall–Kier alpha value is -5.99. The standard InChI is InChI=1S/C37H32N4O6S/c1-23-17-28(15-14-25(23)9-5-4-6-16-42)41-37(44)26-10-7-13-30(19-26)48(45,46)31-18-24(2)34-32(21-31)35(33(22-39-34)36(38)43)40-27-11-8-12-29(20-27)47-3/h7-8,10-22H,4,6H2,1-3H3,(H2,38,43)(H,39,40)(H,41,44). The second-order valence-corrected chi connectivity index (χ2v) is 12.9. The van der Waals surface area contributed by atoms with Crippen molar-refractivity contribution in [3.63, 3.8) is 0 Å². The van der Waals surface area contributed by atoms with Gasteiger partial charge in [0.05, 0.1) is 33.7 Å². The number of pyridine rings is 1. The Morgan fingerprint density at radius 2 is 1.73 bits per heavy atom. The van der Waals surface area contributed by atoms with Gasteiger partial charge in [-0.15, -0.1) is 0 Å². The van der Waals surface area contributed by atoms with Crippen LogP contribution in [-0.4, -0.2) is 38.6 Å². The molecule has 5 rings (SSSR count). The van der Waals surface area contributed by atoms with E-state index in [0.717, 1.165) is 17.4 Å². The van der Waals surface area contributed by atoms with Crippen LogP contribution in [0, 0.1) is 25.7 Å². The number of rotatable bonds is 10. The number of hydrogen-bond acceptors (Lipinski definition) is 8. The second-order valence-electron chi connectivity index (χ2n) is 10.9. The lowest BCUT2D eigenvalue weighted by Crippen LogP contribution is -2.15. The molecule has 0 saturated carbocycles. The molecule has 0 radical (unpaired) electrons. The minimum Gasteiger partial charge on any atom is -0.497 e. The third-order valence-corrected chi connectivity index (χ3v) is 9.28. The number of primary amides is 1. The van der Waals surface area contributed by atoms with Crippen LogP contribution < -0.4 is 21.1 Å². The highest BCUT2D eigenvalue weighted by Gasteiger charge is 2.23. The molecule has 0 aliphatic rings. The predicted molar refractivity (Wildman–Crippen MR) is 184 cm³/mol. The van der Waals surface area contributed by atoms with E-state index in [4.69, 9.17) is 10.5 Å². The maximum absolute atomic E-state index is 14.0. The molecule has 0 unspecified atom stereocenters. The maximum Gasteiger partial charge on any atom is 0.255 e. The number of ether oxygens (including phenoxy) is 1. The van der Waals surface area contributed by atoms with E-state index in [-0.39, 0.29) is 20.9 Å². The smallest absolute Gasteiger partial charge is 0.255 e. The third kappa shape index (κ3) is 7.19. The molecule has 0 bridgehead atoms. The van der Waals surface area contributed by atoms with E-state index in [1.165, 1.54) is 49.7 Å². The van der Waals surface area contributed by atoms with Crippen molar-refractivity contribution in [2.75, 3.05) is 17.7 Å². The Labute approximate surface area is 278 Å². The van der Waals surface area contributed by atoms with Crippen molar-refractivity contribution in [3.8, 4) is 17.6 Å². The molecule has 1 aromatic heterocycles. The summed E-state index contributed by atoms with van der Waals surface area (Å²) in [5, 5.41) is 6.38. The Kier molecular flexibility index (Phi) is 9.87. The number of methoxy groups -OCH3 is 1.